The summed E-state index contributed by atoms with van der Waals surface area (Å²) in [7, 11) is 0. The maximum Gasteiger partial charge on any atom is 0.110 e. The highest BCUT2D eigenvalue weighted by atomic mass is 79.9. The summed E-state index contributed by atoms with van der Waals surface area (Å²) in [6.07, 6.45) is 1.94. The molecule has 0 radical (unpaired) electrons. The predicted molar refractivity (Wildman–Crippen MR) is 90.9 cm³/mol. The van der Waals surface area contributed by atoms with Crippen LogP contribution in [0.15, 0.2) is 52.4 Å². The number of hydrogen-bond donors (Lipinski definition) is 1. The Labute approximate surface area is 136 Å². The van der Waals surface area contributed by atoms with E-state index in [-0.39, 0.29) is 0 Å². The van der Waals surface area contributed by atoms with Gasteiger partial charge in [-0.05, 0) is 47.1 Å². The van der Waals surface area contributed by atoms with Crippen molar-refractivity contribution in [3.05, 3.63) is 68.8 Å². The summed E-state index contributed by atoms with van der Waals surface area (Å²) in [5.74, 6) is 1.01. The topological polar surface area (TPSA) is 29.9 Å². The lowest BCUT2D eigenvalue weighted by molar-refractivity contribution is 0.673. The van der Waals surface area contributed by atoms with Crippen LogP contribution < -0.4 is 5.32 Å². The average molecular weight is 362 g/mol. The van der Waals surface area contributed by atoms with E-state index in [1.165, 1.54) is 14.4 Å². The molecule has 2 heterocycles. The molecule has 3 aromatic rings. The number of aromatic nitrogens is 2. The van der Waals surface area contributed by atoms with E-state index in [1.807, 2.05) is 19.2 Å². The number of halogens is 1. The van der Waals surface area contributed by atoms with Gasteiger partial charge in [0.25, 0.3) is 0 Å². The predicted octanol–water partition coefficient (Wildman–Crippen LogP) is 4.29. The lowest BCUT2D eigenvalue weighted by Gasteiger charge is -2.10. The van der Waals surface area contributed by atoms with Crippen LogP contribution in [0.25, 0.3) is 5.69 Å². The fraction of sp³-hybridized carbons (Fsp3) is 0.188. The molecule has 0 atom stereocenters. The van der Waals surface area contributed by atoms with Crippen LogP contribution >= 0.6 is 27.3 Å². The number of benzene rings is 1. The largest absolute Gasteiger partial charge is 0.306 e. The number of aryl methyl sites for hydroxylation is 1. The van der Waals surface area contributed by atoms with Crippen molar-refractivity contribution >= 4 is 27.3 Å². The van der Waals surface area contributed by atoms with Crippen LogP contribution in [0.2, 0.25) is 0 Å². The van der Waals surface area contributed by atoms with Crippen molar-refractivity contribution in [1.29, 1.82) is 0 Å². The van der Waals surface area contributed by atoms with E-state index >= 15 is 0 Å². The van der Waals surface area contributed by atoms with Crippen molar-refractivity contribution in [3.63, 3.8) is 0 Å². The molecule has 0 aliphatic heterocycles. The van der Waals surface area contributed by atoms with Crippen LogP contribution in [0.4, 0.5) is 0 Å². The third-order valence-electron chi connectivity index (χ3n) is 3.26. The molecule has 21 heavy (non-hydrogen) atoms. The van der Waals surface area contributed by atoms with Crippen LogP contribution in [0.1, 0.15) is 16.4 Å². The third-order valence-corrected chi connectivity index (χ3v) is 4.88. The highest BCUT2D eigenvalue weighted by Crippen LogP contribution is 2.22. The quantitative estimate of drug-likeness (QED) is 0.734. The first kappa shape index (κ1) is 14.5. The molecule has 1 N–H and O–H groups in total. The summed E-state index contributed by atoms with van der Waals surface area (Å²) in [5, 5.41) is 3.48. The van der Waals surface area contributed by atoms with Gasteiger partial charge in [0.15, 0.2) is 0 Å². The van der Waals surface area contributed by atoms with Crippen molar-refractivity contribution in [1.82, 2.24) is 14.9 Å². The van der Waals surface area contributed by atoms with E-state index in [4.69, 9.17) is 0 Å². The molecule has 0 saturated carbocycles. The van der Waals surface area contributed by atoms with E-state index in [1.54, 1.807) is 11.3 Å². The first-order chi connectivity index (χ1) is 10.2. The van der Waals surface area contributed by atoms with Gasteiger partial charge in [-0.15, -0.1) is 11.3 Å². The minimum absolute atomic E-state index is 0.797. The minimum Gasteiger partial charge on any atom is -0.306 e. The van der Waals surface area contributed by atoms with Gasteiger partial charge in [-0.1, -0.05) is 18.2 Å². The molecular formula is C16H16BrN3S. The van der Waals surface area contributed by atoms with Gasteiger partial charge in [0.05, 0.1) is 15.7 Å². The van der Waals surface area contributed by atoms with Crippen molar-refractivity contribution in [3.8, 4) is 5.69 Å². The molecule has 0 unspecified atom stereocenters. The van der Waals surface area contributed by atoms with Gasteiger partial charge < -0.3 is 5.32 Å². The Bertz CT molecular complexity index is 718. The van der Waals surface area contributed by atoms with Gasteiger partial charge in [0.1, 0.15) is 5.82 Å². The molecule has 5 heteroatoms. The van der Waals surface area contributed by atoms with Crippen LogP contribution in [-0.4, -0.2) is 9.55 Å². The maximum absolute atomic E-state index is 4.44. The number of imidazole rings is 1. The molecule has 0 spiro atoms. The second kappa shape index (κ2) is 6.56. The molecule has 108 valence electrons. The maximum atomic E-state index is 4.44. The minimum atomic E-state index is 0.797. The summed E-state index contributed by atoms with van der Waals surface area (Å²) in [6.45, 7) is 3.70. The zero-order valence-corrected chi connectivity index (χ0v) is 14.1. The van der Waals surface area contributed by atoms with E-state index in [0.717, 1.165) is 24.6 Å². The Morgan fingerprint density at radius 1 is 1.14 bits per heavy atom. The van der Waals surface area contributed by atoms with Crippen LogP contribution in [-0.2, 0) is 13.1 Å². The SMILES string of the molecule is Cc1ncc(CNCc2ccc(Br)s2)n1-c1ccccc1. The zero-order chi connectivity index (χ0) is 14.7. The van der Waals surface area contributed by atoms with E-state index in [2.05, 4.69) is 67.2 Å². The van der Waals surface area contributed by atoms with Gasteiger partial charge in [-0.3, -0.25) is 4.57 Å². The molecule has 0 fully saturated rings. The molecule has 0 saturated heterocycles. The molecule has 0 amide bonds. The second-order valence-electron chi connectivity index (χ2n) is 4.78. The standard InChI is InChI=1S/C16H16BrN3S/c1-12-19-10-14(20(12)13-5-3-2-4-6-13)9-18-11-15-7-8-16(17)21-15/h2-8,10,18H,9,11H2,1H3. The molecule has 1 aromatic carbocycles. The Morgan fingerprint density at radius 2 is 1.95 bits per heavy atom. The van der Waals surface area contributed by atoms with Gasteiger partial charge in [0, 0.05) is 23.7 Å². The zero-order valence-electron chi connectivity index (χ0n) is 11.7. The first-order valence-corrected chi connectivity index (χ1v) is 8.38. The summed E-state index contributed by atoms with van der Waals surface area (Å²) in [5.41, 5.74) is 2.33. The fourth-order valence-electron chi connectivity index (χ4n) is 2.31. The Kier molecular flexibility index (Phi) is 4.53. The normalized spacial score (nSPS) is 11.0. The molecule has 0 bridgehead atoms. The Hall–Kier alpha value is -1.43. The number of nitrogens with one attached hydrogen (secondary N) is 1. The number of hydrogen-bond acceptors (Lipinski definition) is 3. The first-order valence-electron chi connectivity index (χ1n) is 6.77. The van der Waals surface area contributed by atoms with Crippen LogP contribution in [0.3, 0.4) is 0 Å². The highest BCUT2D eigenvalue weighted by molar-refractivity contribution is 9.11. The van der Waals surface area contributed by atoms with Gasteiger partial charge in [-0.25, -0.2) is 4.98 Å². The van der Waals surface area contributed by atoms with E-state index < -0.39 is 0 Å². The van der Waals surface area contributed by atoms with E-state index in [9.17, 15) is 0 Å². The number of thiophene rings is 1. The van der Waals surface area contributed by atoms with E-state index in [0.29, 0.717) is 0 Å². The second-order valence-corrected chi connectivity index (χ2v) is 7.32. The van der Waals surface area contributed by atoms with Gasteiger partial charge in [-0.2, -0.15) is 0 Å². The fourth-order valence-corrected chi connectivity index (χ4v) is 3.76. The molecule has 0 aliphatic carbocycles. The summed E-state index contributed by atoms with van der Waals surface area (Å²) < 4.78 is 3.36. The van der Waals surface area contributed by atoms with Crippen LogP contribution in [0.5, 0.6) is 0 Å². The number of rotatable bonds is 5. The van der Waals surface area contributed by atoms with Crippen LogP contribution in [0, 0.1) is 6.92 Å². The van der Waals surface area contributed by atoms with Gasteiger partial charge >= 0.3 is 0 Å². The Morgan fingerprint density at radius 3 is 2.67 bits per heavy atom. The lowest BCUT2D eigenvalue weighted by Crippen LogP contribution is -2.15. The third kappa shape index (κ3) is 3.43. The molecule has 2 aromatic heterocycles. The van der Waals surface area contributed by atoms with Crippen molar-refractivity contribution in [2.75, 3.05) is 0 Å². The monoisotopic (exact) mass is 361 g/mol. The number of nitrogens with zero attached hydrogens (tertiary/aromatic N) is 2. The van der Waals surface area contributed by atoms with Crippen molar-refractivity contribution < 1.29 is 0 Å². The summed E-state index contributed by atoms with van der Waals surface area (Å²) in [6, 6.07) is 14.6. The lowest BCUT2D eigenvalue weighted by atomic mass is 10.3. The van der Waals surface area contributed by atoms with Crippen molar-refractivity contribution in [2.24, 2.45) is 0 Å². The molecule has 3 rings (SSSR count). The van der Waals surface area contributed by atoms with Crippen molar-refractivity contribution in [2.45, 2.75) is 20.0 Å². The summed E-state index contributed by atoms with van der Waals surface area (Å²) >= 11 is 5.25. The average Bonchev–Trinajstić information content (AvgIpc) is 3.06. The highest BCUT2D eigenvalue weighted by Gasteiger charge is 2.08. The van der Waals surface area contributed by atoms with Gasteiger partial charge in [0.2, 0.25) is 0 Å². The molecule has 3 nitrogen and oxygen atoms in total. The summed E-state index contributed by atoms with van der Waals surface area (Å²) in [4.78, 5) is 5.76. The number of para-hydroxylation sites is 1. The Balaban J connectivity index is 1.72. The smallest absolute Gasteiger partial charge is 0.110 e. The molecular weight excluding hydrogens is 346 g/mol. The molecule has 0 aliphatic rings.